The van der Waals surface area contributed by atoms with Gasteiger partial charge in [-0.25, -0.2) is 9.78 Å². The van der Waals surface area contributed by atoms with Gasteiger partial charge in [-0.1, -0.05) is 0 Å². The van der Waals surface area contributed by atoms with Crippen molar-refractivity contribution in [2.75, 3.05) is 0 Å². The molecule has 4 heteroatoms. The second-order valence-corrected chi connectivity index (χ2v) is 2.63. The third-order valence-electron chi connectivity index (χ3n) is 1.68. The van der Waals surface area contributed by atoms with Crippen LogP contribution in [0.2, 0.25) is 0 Å². The van der Waals surface area contributed by atoms with E-state index in [0.717, 1.165) is 5.69 Å². The lowest BCUT2D eigenvalue weighted by atomic mass is 10.2. The van der Waals surface area contributed by atoms with Crippen molar-refractivity contribution >= 4 is 5.97 Å². The van der Waals surface area contributed by atoms with Crippen molar-refractivity contribution in [1.82, 2.24) is 9.97 Å². The molecule has 1 aromatic rings. The predicted molar refractivity (Wildman–Crippen MR) is 43.2 cm³/mol. The molecule has 0 atom stereocenters. The van der Waals surface area contributed by atoms with Crippen LogP contribution in [0.3, 0.4) is 0 Å². The molecule has 0 aliphatic rings. The van der Waals surface area contributed by atoms with Gasteiger partial charge in [0.25, 0.3) is 0 Å². The van der Waals surface area contributed by atoms with Gasteiger partial charge in [0.1, 0.15) is 0 Å². The first-order valence-corrected chi connectivity index (χ1v) is 3.57. The minimum atomic E-state index is -1.02. The van der Waals surface area contributed by atoms with Crippen LogP contribution in [0.1, 0.15) is 27.6 Å². The summed E-state index contributed by atoms with van der Waals surface area (Å²) in [5, 5.41) is 8.68. The molecule has 0 unspecified atom stereocenters. The van der Waals surface area contributed by atoms with Crippen LogP contribution in [-0.2, 0) is 0 Å². The van der Waals surface area contributed by atoms with Gasteiger partial charge in [0, 0.05) is 0 Å². The highest BCUT2D eigenvalue weighted by atomic mass is 16.4. The molecule has 0 spiro atoms. The summed E-state index contributed by atoms with van der Waals surface area (Å²) in [5.41, 5.74) is 1.94. The summed E-state index contributed by atoms with van der Waals surface area (Å²) in [5.74, 6) is -1.02. The van der Waals surface area contributed by atoms with Crippen LogP contribution < -0.4 is 0 Å². The zero-order chi connectivity index (χ0) is 9.30. The summed E-state index contributed by atoms with van der Waals surface area (Å²) in [7, 11) is 0. The number of carbonyl (C=O) groups is 1. The molecule has 0 aromatic carbocycles. The average Bonchev–Trinajstić information content (AvgIpc) is 1.96. The second-order valence-electron chi connectivity index (χ2n) is 2.63. The molecule has 64 valence electrons. The molecule has 0 aliphatic carbocycles. The number of carboxylic acids is 1. The Hall–Kier alpha value is -1.45. The lowest BCUT2D eigenvalue weighted by Crippen LogP contribution is -2.08. The molecule has 1 N–H and O–H groups in total. The van der Waals surface area contributed by atoms with Crippen LogP contribution in [0.15, 0.2) is 0 Å². The highest BCUT2D eigenvalue weighted by Crippen LogP contribution is 2.06. The molecule has 0 radical (unpaired) electrons. The standard InChI is InChI=1S/C8H10N2O2/c1-4-5(2)10-7(8(11)12)6(3)9-4/h1-3H3,(H,11,12). The first-order valence-electron chi connectivity index (χ1n) is 3.57. The molecule has 0 bridgehead atoms. The maximum Gasteiger partial charge on any atom is 0.356 e. The molecule has 0 amide bonds. The van der Waals surface area contributed by atoms with Crippen LogP contribution in [-0.4, -0.2) is 21.0 Å². The fraction of sp³-hybridized carbons (Fsp3) is 0.375. The van der Waals surface area contributed by atoms with Crippen molar-refractivity contribution in [2.24, 2.45) is 0 Å². The Balaban J connectivity index is 3.33. The monoisotopic (exact) mass is 166 g/mol. The van der Waals surface area contributed by atoms with E-state index in [4.69, 9.17) is 5.11 Å². The normalized spacial score (nSPS) is 9.92. The average molecular weight is 166 g/mol. The minimum Gasteiger partial charge on any atom is -0.476 e. The van der Waals surface area contributed by atoms with E-state index in [1.54, 1.807) is 20.8 Å². The van der Waals surface area contributed by atoms with E-state index in [1.165, 1.54) is 0 Å². The van der Waals surface area contributed by atoms with Crippen LogP contribution >= 0.6 is 0 Å². The van der Waals surface area contributed by atoms with E-state index in [-0.39, 0.29) is 5.69 Å². The first kappa shape index (κ1) is 8.64. The van der Waals surface area contributed by atoms with Gasteiger partial charge in [0.2, 0.25) is 0 Å². The van der Waals surface area contributed by atoms with Crippen molar-refractivity contribution < 1.29 is 9.90 Å². The molecule has 0 saturated carbocycles. The Kier molecular flexibility index (Phi) is 2.08. The van der Waals surface area contributed by atoms with Crippen LogP contribution in [0.4, 0.5) is 0 Å². The molecule has 0 saturated heterocycles. The van der Waals surface area contributed by atoms with E-state index in [1.807, 2.05) is 0 Å². The number of aromatic carboxylic acids is 1. The first-order chi connectivity index (χ1) is 5.52. The molecule has 0 aliphatic heterocycles. The molecule has 4 nitrogen and oxygen atoms in total. The van der Waals surface area contributed by atoms with Crippen molar-refractivity contribution in [2.45, 2.75) is 20.8 Å². The Morgan fingerprint density at radius 3 is 2.08 bits per heavy atom. The molecular formula is C8H10N2O2. The van der Waals surface area contributed by atoms with Gasteiger partial charge in [-0.05, 0) is 20.8 Å². The van der Waals surface area contributed by atoms with Gasteiger partial charge in [-0.15, -0.1) is 0 Å². The number of aromatic nitrogens is 2. The summed E-state index contributed by atoms with van der Waals surface area (Å²) in [4.78, 5) is 18.5. The smallest absolute Gasteiger partial charge is 0.356 e. The Bertz CT molecular complexity index is 334. The van der Waals surface area contributed by atoms with E-state index in [2.05, 4.69) is 9.97 Å². The van der Waals surface area contributed by atoms with Gasteiger partial charge in [0.05, 0.1) is 17.1 Å². The lowest BCUT2D eigenvalue weighted by molar-refractivity contribution is 0.0688. The molecule has 12 heavy (non-hydrogen) atoms. The third kappa shape index (κ3) is 1.42. The minimum absolute atomic E-state index is 0.0399. The van der Waals surface area contributed by atoms with Crippen molar-refractivity contribution in [3.63, 3.8) is 0 Å². The number of hydrogen-bond acceptors (Lipinski definition) is 3. The fourth-order valence-electron chi connectivity index (χ4n) is 0.917. The number of carboxylic acid groups (broad SMARTS) is 1. The Labute approximate surface area is 70.3 Å². The van der Waals surface area contributed by atoms with Gasteiger partial charge in [-0.2, -0.15) is 0 Å². The molecule has 1 rings (SSSR count). The number of hydrogen-bond donors (Lipinski definition) is 1. The van der Waals surface area contributed by atoms with Crippen LogP contribution in [0.5, 0.6) is 0 Å². The number of aryl methyl sites for hydroxylation is 3. The number of rotatable bonds is 1. The summed E-state index contributed by atoms with van der Waals surface area (Å²) in [6, 6.07) is 0. The Morgan fingerprint density at radius 1 is 1.08 bits per heavy atom. The van der Waals surface area contributed by atoms with Crippen molar-refractivity contribution in [1.29, 1.82) is 0 Å². The predicted octanol–water partition coefficient (Wildman–Crippen LogP) is 1.10. The summed E-state index contributed by atoms with van der Waals surface area (Å²) < 4.78 is 0. The maximum atomic E-state index is 10.6. The van der Waals surface area contributed by atoms with Crippen LogP contribution in [0.25, 0.3) is 0 Å². The van der Waals surface area contributed by atoms with E-state index >= 15 is 0 Å². The highest BCUT2D eigenvalue weighted by molar-refractivity contribution is 5.86. The van der Waals surface area contributed by atoms with E-state index in [9.17, 15) is 4.79 Å². The van der Waals surface area contributed by atoms with Crippen molar-refractivity contribution in [3.8, 4) is 0 Å². The Morgan fingerprint density at radius 2 is 1.58 bits per heavy atom. The van der Waals surface area contributed by atoms with Gasteiger partial charge >= 0.3 is 5.97 Å². The second kappa shape index (κ2) is 2.89. The largest absolute Gasteiger partial charge is 0.476 e. The highest BCUT2D eigenvalue weighted by Gasteiger charge is 2.11. The van der Waals surface area contributed by atoms with Gasteiger partial charge in [0.15, 0.2) is 5.69 Å². The molecular weight excluding hydrogens is 156 g/mol. The van der Waals surface area contributed by atoms with E-state index in [0.29, 0.717) is 11.4 Å². The van der Waals surface area contributed by atoms with Crippen molar-refractivity contribution in [3.05, 3.63) is 22.8 Å². The molecule has 1 aromatic heterocycles. The maximum absolute atomic E-state index is 10.6. The summed E-state index contributed by atoms with van der Waals surface area (Å²) in [6.07, 6.45) is 0. The SMILES string of the molecule is Cc1nc(C)c(C(=O)O)nc1C. The molecule has 0 fully saturated rings. The van der Waals surface area contributed by atoms with Gasteiger partial charge < -0.3 is 5.11 Å². The fourth-order valence-corrected chi connectivity index (χ4v) is 0.917. The third-order valence-corrected chi connectivity index (χ3v) is 1.68. The topological polar surface area (TPSA) is 63.1 Å². The molecule has 1 heterocycles. The summed E-state index contributed by atoms with van der Waals surface area (Å²) in [6.45, 7) is 5.19. The quantitative estimate of drug-likeness (QED) is 0.678. The van der Waals surface area contributed by atoms with E-state index < -0.39 is 5.97 Å². The zero-order valence-electron chi connectivity index (χ0n) is 7.25. The number of nitrogens with zero attached hydrogens (tertiary/aromatic N) is 2. The zero-order valence-corrected chi connectivity index (χ0v) is 7.25. The lowest BCUT2D eigenvalue weighted by Gasteiger charge is -2.02. The van der Waals surface area contributed by atoms with Gasteiger partial charge in [-0.3, -0.25) is 4.98 Å². The summed E-state index contributed by atoms with van der Waals surface area (Å²) >= 11 is 0. The van der Waals surface area contributed by atoms with Crippen LogP contribution in [0, 0.1) is 20.8 Å².